The van der Waals surface area contributed by atoms with Gasteiger partial charge in [0.1, 0.15) is 11.6 Å². The summed E-state index contributed by atoms with van der Waals surface area (Å²) in [5.74, 6) is -1.63. The Kier molecular flexibility index (Phi) is 5.08. The second-order valence-corrected chi connectivity index (χ2v) is 6.11. The number of aromatic nitrogens is 2. The number of nitrogens with one attached hydrogen (secondary N) is 1. The van der Waals surface area contributed by atoms with Crippen LogP contribution in [0.1, 0.15) is 5.56 Å². The Morgan fingerprint density at radius 3 is 2.60 bits per heavy atom. The van der Waals surface area contributed by atoms with Crippen LogP contribution < -0.4 is 5.32 Å². The van der Waals surface area contributed by atoms with E-state index in [-0.39, 0.29) is 16.7 Å². The fraction of sp³-hybridized carbons (Fsp3) is 0.118. The van der Waals surface area contributed by atoms with E-state index >= 15 is 0 Å². The number of amides is 1. The molecule has 1 aromatic heterocycles. The van der Waals surface area contributed by atoms with Gasteiger partial charge in [-0.2, -0.15) is 0 Å². The third-order valence-corrected chi connectivity index (χ3v) is 4.07. The van der Waals surface area contributed by atoms with Crippen molar-refractivity contribution in [2.75, 3.05) is 11.1 Å². The van der Waals surface area contributed by atoms with Crippen LogP contribution in [0, 0.1) is 18.6 Å². The normalized spacial score (nSPS) is 10.7. The van der Waals surface area contributed by atoms with Crippen molar-refractivity contribution in [1.82, 2.24) is 10.2 Å². The Morgan fingerprint density at radius 1 is 1.16 bits per heavy atom. The highest BCUT2D eigenvalue weighted by molar-refractivity contribution is 7.99. The molecule has 3 aromatic rings. The van der Waals surface area contributed by atoms with Crippen LogP contribution in [0.2, 0.25) is 0 Å². The number of carbonyl (C=O) groups is 1. The lowest BCUT2D eigenvalue weighted by Crippen LogP contribution is -2.14. The van der Waals surface area contributed by atoms with Gasteiger partial charge in [-0.15, -0.1) is 10.2 Å². The van der Waals surface area contributed by atoms with Crippen LogP contribution in [-0.2, 0) is 4.79 Å². The summed E-state index contributed by atoms with van der Waals surface area (Å²) in [5, 5.41) is 10.5. The van der Waals surface area contributed by atoms with E-state index < -0.39 is 17.5 Å². The smallest absolute Gasteiger partial charge is 0.277 e. The Labute approximate surface area is 146 Å². The zero-order chi connectivity index (χ0) is 17.8. The van der Waals surface area contributed by atoms with E-state index in [4.69, 9.17) is 4.42 Å². The minimum Gasteiger partial charge on any atom is -0.411 e. The Morgan fingerprint density at radius 2 is 1.88 bits per heavy atom. The van der Waals surface area contributed by atoms with Crippen molar-refractivity contribution in [2.45, 2.75) is 12.1 Å². The maximum absolute atomic E-state index is 13.1. The summed E-state index contributed by atoms with van der Waals surface area (Å²) in [4.78, 5) is 11.9. The second kappa shape index (κ2) is 7.43. The molecule has 0 unspecified atom stereocenters. The number of hydrogen-bond acceptors (Lipinski definition) is 5. The minimum atomic E-state index is -0.761. The highest BCUT2D eigenvalue weighted by Crippen LogP contribution is 2.25. The van der Waals surface area contributed by atoms with Crippen molar-refractivity contribution in [1.29, 1.82) is 0 Å². The Bertz CT molecular complexity index is 894. The molecule has 1 amide bonds. The first-order valence-electron chi connectivity index (χ1n) is 7.29. The van der Waals surface area contributed by atoms with E-state index in [1.807, 2.05) is 31.2 Å². The summed E-state index contributed by atoms with van der Waals surface area (Å²) < 4.78 is 31.7. The molecule has 0 bridgehead atoms. The Balaban J connectivity index is 1.60. The van der Waals surface area contributed by atoms with Crippen molar-refractivity contribution >= 4 is 23.4 Å². The van der Waals surface area contributed by atoms with Crippen molar-refractivity contribution in [3.8, 4) is 11.5 Å². The van der Waals surface area contributed by atoms with Crippen LogP contribution in [0.3, 0.4) is 0 Å². The van der Waals surface area contributed by atoms with Gasteiger partial charge in [-0.3, -0.25) is 4.79 Å². The molecule has 0 aliphatic carbocycles. The zero-order valence-corrected chi connectivity index (χ0v) is 13.9. The van der Waals surface area contributed by atoms with Gasteiger partial charge in [0.05, 0.1) is 5.75 Å². The van der Waals surface area contributed by atoms with Crippen molar-refractivity contribution in [3.63, 3.8) is 0 Å². The molecule has 1 N–H and O–H groups in total. The van der Waals surface area contributed by atoms with E-state index in [0.29, 0.717) is 5.89 Å². The van der Waals surface area contributed by atoms with E-state index in [1.165, 1.54) is 0 Å². The Hall–Kier alpha value is -2.74. The van der Waals surface area contributed by atoms with Crippen LogP contribution in [0.25, 0.3) is 11.5 Å². The van der Waals surface area contributed by atoms with E-state index in [0.717, 1.165) is 41.1 Å². The molecule has 0 saturated carbocycles. The third-order valence-electron chi connectivity index (χ3n) is 3.25. The summed E-state index contributed by atoms with van der Waals surface area (Å²) in [7, 11) is 0. The SMILES string of the molecule is Cc1ccccc1-c1nnc(SCC(=O)Nc2cc(F)cc(F)c2)o1. The van der Waals surface area contributed by atoms with Crippen LogP contribution >= 0.6 is 11.8 Å². The molecule has 0 radical (unpaired) electrons. The van der Waals surface area contributed by atoms with E-state index in [2.05, 4.69) is 15.5 Å². The molecule has 8 heteroatoms. The minimum absolute atomic E-state index is 0.0342. The summed E-state index contributed by atoms with van der Waals surface area (Å²) in [6, 6.07) is 10.4. The summed E-state index contributed by atoms with van der Waals surface area (Å²) >= 11 is 1.04. The molecule has 0 spiro atoms. The number of hydrogen-bond donors (Lipinski definition) is 1. The summed E-state index contributed by atoms with van der Waals surface area (Å²) in [6.07, 6.45) is 0. The van der Waals surface area contributed by atoms with Gasteiger partial charge in [-0.1, -0.05) is 30.0 Å². The molecule has 0 saturated heterocycles. The first-order valence-corrected chi connectivity index (χ1v) is 8.28. The van der Waals surface area contributed by atoms with Crippen molar-refractivity contribution in [2.24, 2.45) is 0 Å². The first kappa shape index (κ1) is 17.1. The average Bonchev–Trinajstić information content (AvgIpc) is 3.01. The highest BCUT2D eigenvalue weighted by Gasteiger charge is 2.13. The molecule has 128 valence electrons. The maximum Gasteiger partial charge on any atom is 0.277 e. The van der Waals surface area contributed by atoms with Gasteiger partial charge in [0.2, 0.25) is 11.8 Å². The highest BCUT2D eigenvalue weighted by atomic mass is 32.2. The molecular formula is C17H13F2N3O2S. The predicted molar refractivity (Wildman–Crippen MR) is 90.2 cm³/mol. The molecule has 3 rings (SSSR count). The lowest BCUT2D eigenvalue weighted by molar-refractivity contribution is -0.113. The maximum atomic E-state index is 13.1. The van der Waals surface area contributed by atoms with Gasteiger partial charge in [-0.25, -0.2) is 8.78 Å². The van der Waals surface area contributed by atoms with Crippen molar-refractivity contribution < 1.29 is 18.0 Å². The molecule has 0 aliphatic rings. The van der Waals surface area contributed by atoms with Crippen LogP contribution in [0.5, 0.6) is 0 Å². The first-order chi connectivity index (χ1) is 12.0. The summed E-state index contributed by atoms with van der Waals surface area (Å²) in [5.41, 5.74) is 1.87. The van der Waals surface area contributed by atoms with E-state index in [1.54, 1.807) is 0 Å². The molecule has 1 heterocycles. The quantitative estimate of drug-likeness (QED) is 0.694. The van der Waals surface area contributed by atoms with Gasteiger partial charge >= 0.3 is 0 Å². The number of benzene rings is 2. The van der Waals surface area contributed by atoms with Gasteiger partial charge in [0, 0.05) is 17.3 Å². The largest absolute Gasteiger partial charge is 0.411 e. The monoisotopic (exact) mass is 361 g/mol. The van der Waals surface area contributed by atoms with Crippen LogP contribution in [0.15, 0.2) is 52.1 Å². The van der Waals surface area contributed by atoms with E-state index in [9.17, 15) is 13.6 Å². The van der Waals surface area contributed by atoms with Gasteiger partial charge < -0.3 is 9.73 Å². The van der Waals surface area contributed by atoms with Crippen molar-refractivity contribution in [3.05, 3.63) is 59.7 Å². The number of halogens is 2. The number of thioether (sulfide) groups is 1. The average molecular weight is 361 g/mol. The molecular weight excluding hydrogens is 348 g/mol. The fourth-order valence-electron chi connectivity index (χ4n) is 2.14. The standard InChI is InChI=1S/C17H13F2N3O2S/c1-10-4-2-3-5-14(10)16-21-22-17(24-16)25-9-15(23)20-13-7-11(18)6-12(19)8-13/h2-8H,9H2,1H3,(H,20,23). The lowest BCUT2D eigenvalue weighted by Gasteiger charge is -2.04. The van der Waals surface area contributed by atoms with Crippen LogP contribution in [-0.4, -0.2) is 21.9 Å². The molecule has 25 heavy (non-hydrogen) atoms. The number of anilines is 1. The predicted octanol–water partition coefficient (Wildman–Crippen LogP) is 4.05. The topological polar surface area (TPSA) is 68.0 Å². The summed E-state index contributed by atoms with van der Waals surface area (Å²) in [6.45, 7) is 1.93. The fourth-order valence-corrected chi connectivity index (χ4v) is 2.70. The molecule has 0 fully saturated rings. The molecule has 0 aliphatic heterocycles. The number of nitrogens with zero attached hydrogens (tertiary/aromatic N) is 2. The second-order valence-electron chi connectivity index (χ2n) is 5.18. The van der Waals surface area contributed by atoms with Gasteiger partial charge in [-0.05, 0) is 30.7 Å². The number of carbonyl (C=O) groups excluding carboxylic acids is 1. The molecule has 5 nitrogen and oxygen atoms in total. The number of aryl methyl sites for hydroxylation is 1. The zero-order valence-electron chi connectivity index (χ0n) is 13.1. The number of rotatable bonds is 5. The molecule has 2 aromatic carbocycles. The molecule has 0 atom stereocenters. The third kappa shape index (κ3) is 4.42. The van der Waals surface area contributed by atoms with Gasteiger partial charge in [0.25, 0.3) is 5.22 Å². The van der Waals surface area contributed by atoms with Crippen LogP contribution in [0.4, 0.5) is 14.5 Å². The lowest BCUT2D eigenvalue weighted by atomic mass is 10.1. The van der Waals surface area contributed by atoms with Gasteiger partial charge in [0.15, 0.2) is 0 Å².